The summed E-state index contributed by atoms with van der Waals surface area (Å²) in [7, 11) is 0. The molecule has 1 amide bonds. The van der Waals surface area contributed by atoms with Gasteiger partial charge in [0.1, 0.15) is 17.6 Å². The number of anilines is 1. The Labute approximate surface area is 187 Å². The molecule has 2 aromatic carbocycles. The van der Waals surface area contributed by atoms with Crippen molar-refractivity contribution < 1.29 is 19.4 Å². The maximum absolute atomic E-state index is 13.1. The first-order valence-electron chi connectivity index (χ1n) is 9.70. The van der Waals surface area contributed by atoms with Crippen LogP contribution in [-0.2, 0) is 16.0 Å². The molecule has 1 aromatic heterocycles. The summed E-state index contributed by atoms with van der Waals surface area (Å²) in [6.45, 7) is 1.97. The molecule has 156 valence electrons. The van der Waals surface area contributed by atoms with Gasteiger partial charge < -0.3 is 9.84 Å². The number of rotatable bonds is 3. The van der Waals surface area contributed by atoms with Crippen molar-refractivity contribution in [2.45, 2.75) is 25.5 Å². The Hall–Kier alpha value is -3.16. The molecule has 8 heteroatoms. The van der Waals surface area contributed by atoms with Crippen molar-refractivity contribution in [2.75, 3.05) is 4.90 Å². The van der Waals surface area contributed by atoms with E-state index in [0.717, 1.165) is 11.3 Å². The van der Waals surface area contributed by atoms with Gasteiger partial charge in [-0.1, -0.05) is 23.7 Å². The second-order valence-electron chi connectivity index (χ2n) is 7.49. The molecule has 2 aliphatic heterocycles. The molecule has 0 unspecified atom stereocenters. The molecule has 5 rings (SSSR count). The average molecular weight is 453 g/mol. The average Bonchev–Trinajstić information content (AvgIpc) is 3.46. The highest BCUT2D eigenvalue weighted by Gasteiger charge is 2.48. The number of hydrogen-bond donors (Lipinski definition) is 1. The third-order valence-corrected chi connectivity index (χ3v) is 6.45. The van der Waals surface area contributed by atoms with Gasteiger partial charge in [-0.15, -0.1) is 11.3 Å². The molecule has 3 aromatic rings. The second-order valence-corrected chi connectivity index (χ2v) is 8.80. The molecular formula is C23H17ClN2O4S. The van der Waals surface area contributed by atoms with Crippen LogP contribution in [-0.4, -0.2) is 27.9 Å². The molecule has 6 nitrogen and oxygen atoms in total. The molecule has 31 heavy (non-hydrogen) atoms. The molecule has 0 saturated carbocycles. The number of hydrogen-bond acceptors (Lipinski definition) is 6. The zero-order chi connectivity index (χ0) is 21.7. The molecule has 3 heterocycles. The number of ketones is 1. The van der Waals surface area contributed by atoms with E-state index in [9.17, 15) is 14.7 Å². The predicted octanol–water partition coefficient (Wildman–Crippen LogP) is 4.75. The number of aromatic nitrogens is 1. The van der Waals surface area contributed by atoms with Crippen LogP contribution in [0.2, 0.25) is 5.02 Å². The van der Waals surface area contributed by atoms with Crippen LogP contribution in [0.25, 0.3) is 5.76 Å². The molecule has 1 fully saturated rings. The molecule has 0 aliphatic carbocycles. The zero-order valence-corrected chi connectivity index (χ0v) is 18.0. The van der Waals surface area contributed by atoms with Crippen LogP contribution in [0.4, 0.5) is 5.13 Å². The Kier molecular flexibility index (Phi) is 4.79. The fourth-order valence-corrected chi connectivity index (χ4v) is 4.84. The number of benzene rings is 2. The van der Waals surface area contributed by atoms with Gasteiger partial charge in [-0.05, 0) is 48.4 Å². The highest BCUT2D eigenvalue weighted by atomic mass is 35.5. The number of ether oxygens (including phenoxy) is 1. The van der Waals surface area contributed by atoms with Gasteiger partial charge in [0.05, 0.1) is 11.6 Å². The topological polar surface area (TPSA) is 79.7 Å². The minimum absolute atomic E-state index is 0.0226. The number of halogens is 1. The highest BCUT2D eigenvalue weighted by molar-refractivity contribution is 7.14. The summed E-state index contributed by atoms with van der Waals surface area (Å²) in [4.78, 5) is 31.6. The van der Waals surface area contributed by atoms with Gasteiger partial charge in [-0.25, -0.2) is 4.98 Å². The fourth-order valence-electron chi connectivity index (χ4n) is 4.05. The molecule has 2 atom stereocenters. The summed E-state index contributed by atoms with van der Waals surface area (Å²) in [5.74, 6) is -0.937. The monoisotopic (exact) mass is 452 g/mol. The summed E-state index contributed by atoms with van der Waals surface area (Å²) < 4.78 is 5.73. The lowest BCUT2D eigenvalue weighted by molar-refractivity contribution is -0.132. The normalized spacial score (nSPS) is 21.9. The van der Waals surface area contributed by atoms with Crippen LogP contribution >= 0.6 is 22.9 Å². The number of carbonyl (C=O) groups excluding carboxylic acids is 2. The number of Topliss-reactive ketones (excluding diaryl/α,β-unsaturated/α-hetero) is 1. The van der Waals surface area contributed by atoms with Crippen LogP contribution in [0.5, 0.6) is 5.75 Å². The molecule has 0 radical (unpaired) electrons. The smallest absolute Gasteiger partial charge is 0.301 e. The Balaban J connectivity index is 1.68. The molecule has 0 bridgehead atoms. The maximum Gasteiger partial charge on any atom is 0.301 e. The highest BCUT2D eigenvalue weighted by Crippen LogP contribution is 2.43. The first kappa shape index (κ1) is 19.8. The number of thiazole rings is 1. The molecule has 2 aliphatic rings. The van der Waals surface area contributed by atoms with Gasteiger partial charge in [0.2, 0.25) is 0 Å². The van der Waals surface area contributed by atoms with Gasteiger partial charge in [-0.2, -0.15) is 0 Å². The first-order chi connectivity index (χ1) is 14.9. The van der Waals surface area contributed by atoms with E-state index in [1.165, 1.54) is 16.2 Å². The lowest BCUT2D eigenvalue weighted by atomic mass is 9.94. The number of amides is 1. The number of aliphatic hydroxyl groups excluding tert-OH is 1. The second kappa shape index (κ2) is 7.51. The van der Waals surface area contributed by atoms with Crippen LogP contribution in [0.3, 0.4) is 0 Å². The quantitative estimate of drug-likeness (QED) is 0.352. The van der Waals surface area contributed by atoms with Crippen molar-refractivity contribution in [3.8, 4) is 5.75 Å². The summed E-state index contributed by atoms with van der Waals surface area (Å²) in [5.41, 5.74) is 2.09. The van der Waals surface area contributed by atoms with Crippen molar-refractivity contribution in [3.63, 3.8) is 0 Å². The van der Waals surface area contributed by atoms with Gasteiger partial charge in [-0.3, -0.25) is 14.5 Å². The Bertz CT molecular complexity index is 1220. The zero-order valence-electron chi connectivity index (χ0n) is 16.4. The number of fused-ring (bicyclic) bond motifs is 1. The van der Waals surface area contributed by atoms with E-state index in [2.05, 4.69) is 4.98 Å². The molecule has 1 N–H and O–H groups in total. The van der Waals surface area contributed by atoms with E-state index in [4.69, 9.17) is 16.3 Å². The van der Waals surface area contributed by atoms with Crippen LogP contribution in [0.15, 0.2) is 59.6 Å². The number of aliphatic hydroxyl groups is 1. The number of nitrogens with zero attached hydrogens (tertiary/aromatic N) is 2. The Morgan fingerprint density at radius 2 is 2.00 bits per heavy atom. The van der Waals surface area contributed by atoms with Gasteiger partial charge >= 0.3 is 5.91 Å². The Morgan fingerprint density at radius 3 is 2.71 bits per heavy atom. The molecule has 0 spiro atoms. The molecular weight excluding hydrogens is 436 g/mol. The van der Waals surface area contributed by atoms with Crippen molar-refractivity contribution in [3.05, 3.63) is 81.3 Å². The van der Waals surface area contributed by atoms with Crippen LogP contribution in [0, 0.1) is 0 Å². The predicted molar refractivity (Wildman–Crippen MR) is 119 cm³/mol. The largest absolute Gasteiger partial charge is 0.507 e. The third-order valence-electron chi connectivity index (χ3n) is 5.42. The minimum atomic E-state index is -0.813. The van der Waals surface area contributed by atoms with Crippen LogP contribution < -0.4 is 9.64 Å². The van der Waals surface area contributed by atoms with E-state index < -0.39 is 17.7 Å². The third kappa shape index (κ3) is 3.30. The lowest BCUT2D eigenvalue weighted by Crippen LogP contribution is -2.29. The van der Waals surface area contributed by atoms with Crippen molar-refractivity contribution in [1.29, 1.82) is 0 Å². The van der Waals surface area contributed by atoms with E-state index in [1.807, 2.05) is 13.0 Å². The van der Waals surface area contributed by atoms with Crippen molar-refractivity contribution in [2.24, 2.45) is 0 Å². The lowest BCUT2D eigenvalue weighted by Gasteiger charge is -2.23. The standard InChI is InChI=1S/C23H17ClN2O4S/c1-12-10-15-11-14(4-7-17(15)30-12)20(27)18-19(13-2-5-16(24)6-3-13)26(22(29)21(18)28)23-25-8-9-31-23/h2-9,11-12,19,27H,10H2,1H3/t12-,19-/m0/s1. The van der Waals surface area contributed by atoms with Crippen LogP contribution in [0.1, 0.15) is 29.7 Å². The number of carbonyl (C=O) groups is 2. The fraction of sp³-hybridized carbons (Fsp3) is 0.174. The summed E-state index contributed by atoms with van der Waals surface area (Å²) in [6.07, 6.45) is 2.33. The van der Waals surface area contributed by atoms with E-state index in [0.29, 0.717) is 27.7 Å². The van der Waals surface area contributed by atoms with E-state index in [1.54, 1.807) is 48.0 Å². The summed E-state index contributed by atoms with van der Waals surface area (Å²) in [6, 6.07) is 11.3. The van der Waals surface area contributed by atoms with Gasteiger partial charge in [0, 0.05) is 28.6 Å². The van der Waals surface area contributed by atoms with Crippen molar-refractivity contribution in [1.82, 2.24) is 4.98 Å². The summed E-state index contributed by atoms with van der Waals surface area (Å²) in [5, 5.41) is 13.9. The Morgan fingerprint density at radius 1 is 1.23 bits per heavy atom. The minimum Gasteiger partial charge on any atom is -0.507 e. The van der Waals surface area contributed by atoms with E-state index >= 15 is 0 Å². The first-order valence-corrected chi connectivity index (χ1v) is 11.0. The van der Waals surface area contributed by atoms with E-state index in [-0.39, 0.29) is 17.4 Å². The SMILES string of the molecule is C[C@H]1Cc2cc(C(O)=C3C(=O)C(=O)N(c4nccs4)[C@H]3c3ccc(Cl)cc3)ccc2O1. The van der Waals surface area contributed by atoms with Crippen molar-refractivity contribution >= 4 is 45.5 Å². The van der Waals surface area contributed by atoms with Gasteiger partial charge in [0.25, 0.3) is 5.78 Å². The summed E-state index contributed by atoms with van der Waals surface area (Å²) >= 11 is 7.29. The van der Waals surface area contributed by atoms with Gasteiger partial charge in [0.15, 0.2) is 5.13 Å². The molecule has 1 saturated heterocycles. The maximum atomic E-state index is 13.1.